The van der Waals surface area contributed by atoms with Crippen molar-refractivity contribution in [2.24, 2.45) is 5.92 Å². The number of carbonyl (C=O) groups is 3. The van der Waals surface area contributed by atoms with Crippen LogP contribution >= 0.6 is 0 Å². The van der Waals surface area contributed by atoms with Crippen molar-refractivity contribution in [1.82, 2.24) is 10.6 Å². The quantitative estimate of drug-likeness (QED) is 0.590. The van der Waals surface area contributed by atoms with E-state index in [0.29, 0.717) is 19.3 Å². The molecule has 2 amide bonds. The van der Waals surface area contributed by atoms with Crippen LogP contribution in [0.5, 0.6) is 0 Å². The molecule has 0 aromatic heterocycles. The van der Waals surface area contributed by atoms with E-state index in [9.17, 15) is 19.5 Å². The van der Waals surface area contributed by atoms with Crippen LogP contribution in [0.4, 0.5) is 4.79 Å². The standard InChI is InChI=1S/C26H30N2O5/c1-2-22(25(30)31)27-24(29)20-13-7-8-14-23(20)28-26(32)33-15-21-18-11-5-3-9-16(18)17-10-4-6-12-19(17)21/h3-6,9-12,20-23H,2,7-8,13-15H2,1H3,(H,27,29)(H,28,32)(H,30,31)/t20?,22-,23?/m1/s1. The number of fused-ring (bicyclic) bond motifs is 3. The number of aliphatic carboxylic acids is 1. The molecule has 2 aliphatic carbocycles. The number of alkyl carbamates (subject to hydrolysis) is 1. The lowest BCUT2D eigenvalue weighted by molar-refractivity contribution is -0.143. The van der Waals surface area contributed by atoms with Crippen molar-refractivity contribution in [2.45, 2.75) is 57.0 Å². The molecule has 2 unspecified atom stereocenters. The first-order valence-corrected chi connectivity index (χ1v) is 11.6. The maximum atomic E-state index is 12.7. The normalized spacial score (nSPS) is 20.3. The highest BCUT2D eigenvalue weighted by atomic mass is 16.5. The molecule has 1 fully saturated rings. The maximum Gasteiger partial charge on any atom is 0.407 e. The van der Waals surface area contributed by atoms with E-state index >= 15 is 0 Å². The van der Waals surface area contributed by atoms with Gasteiger partial charge in [-0.05, 0) is 41.5 Å². The van der Waals surface area contributed by atoms with Crippen LogP contribution in [0.1, 0.15) is 56.1 Å². The minimum atomic E-state index is -1.05. The van der Waals surface area contributed by atoms with Crippen molar-refractivity contribution >= 4 is 18.0 Å². The summed E-state index contributed by atoms with van der Waals surface area (Å²) in [6.07, 6.45) is 2.78. The van der Waals surface area contributed by atoms with Gasteiger partial charge >= 0.3 is 12.1 Å². The molecular formula is C26H30N2O5. The molecule has 0 aliphatic heterocycles. The van der Waals surface area contributed by atoms with Gasteiger partial charge in [0.25, 0.3) is 0 Å². The Morgan fingerprint density at radius 1 is 1.00 bits per heavy atom. The molecule has 0 spiro atoms. The van der Waals surface area contributed by atoms with Gasteiger partial charge in [-0.3, -0.25) is 4.79 Å². The Hall–Kier alpha value is -3.35. The number of amides is 2. The van der Waals surface area contributed by atoms with E-state index in [4.69, 9.17) is 4.74 Å². The van der Waals surface area contributed by atoms with Gasteiger partial charge in [0.2, 0.25) is 5.91 Å². The highest BCUT2D eigenvalue weighted by Crippen LogP contribution is 2.44. The van der Waals surface area contributed by atoms with Crippen molar-refractivity contribution in [3.8, 4) is 11.1 Å². The van der Waals surface area contributed by atoms with Crippen LogP contribution in [0.25, 0.3) is 11.1 Å². The molecule has 3 N–H and O–H groups in total. The SMILES string of the molecule is CC[C@@H](NC(=O)C1CCCCC1NC(=O)OCC1c2ccccc2-c2ccccc21)C(=O)O. The van der Waals surface area contributed by atoms with Crippen LogP contribution in [0, 0.1) is 5.92 Å². The molecule has 2 aliphatic rings. The Balaban J connectivity index is 1.39. The molecule has 3 atom stereocenters. The molecule has 2 aromatic rings. The van der Waals surface area contributed by atoms with Crippen molar-refractivity contribution in [2.75, 3.05) is 6.61 Å². The number of rotatable bonds is 7. The van der Waals surface area contributed by atoms with Crippen LogP contribution in [-0.4, -0.2) is 41.8 Å². The van der Waals surface area contributed by atoms with Crippen molar-refractivity contribution in [3.05, 3.63) is 59.7 Å². The van der Waals surface area contributed by atoms with Crippen LogP contribution in [0.3, 0.4) is 0 Å². The fourth-order valence-corrected chi connectivity index (χ4v) is 5.03. The van der Waals surface area contributed by atoms with E-state index in [-0.39, 0.29) is 24.5 Å². The highest BCUT2D eigenvalue weighted by molar-refractivity contribution is 5.86. The van der Waals surface area contributed by atoms with Gasteiger partial charge in [-0.25, -0.2) is 9.59 Å². The zero-order chi connectivity index (χ0) is 23.4. The number of carboxylic acid groups (broad SMARTS) is 1. The number of carboxylic acids is 1. The molecule has 0 bridgehead atoms. The first-order chi connectivity index (χ1) is 16.0. The second kappa shape index (κ2) is 10.1. The van der Waals surface area contributed by atoms with E-state index in [0.717, 1.165) is 35.1 Å². The Labute approximate surface area is 193 Å². The second-order valence-corrected chi connectivity index (χ2v) is 8.77. The molecule has 0 radical (unpaired) electrons. The Morgan fingerprint density at radius 2 is 1.61 bits per heavy atom. The van der Waals surface area contributed by atoms with E-state index in [1.165, 1.54) is 0 Å². The second-order valence-electron chi connectivity index (χ2n) is 8.77. The number of nitrogens with one attached hydrogen (secondary N) is 2. The zero-order valence-electron chi connectivity index (χ0n) is 18.8. The summed E-state index contributed by atoms with van der Waals surface area (Å²) in [7, 11) is 0. The van der Waals surface area contributed by atoms with Gasteiger partial charge in [-0.15, -0.1) is 0 Å². The van der Waals surface area contributed by atoms with E-state index < -0.39 is 24.0 Å². The number of hydrogen-bond donors (Lipinski definition) is 3. The minimum Gasteiger partial charge on any atom is -0.480 e. The van der Waals surface area contributed by atoms with Crippen LogP contribution < -0.4 is 10.6 Å². The molecule has 4 rings (SSSR count). The summed E-state index contributed by atoms with van der Waals surface area (Å²) in [6, 6.07) is 15.0. The molecular weight excluding hydrogens is 420 g/mol. The van der Waals surface area contributed by atoms with Gasteiger partial charge in [-0.1, -0.05) is 68.3 Å². The molecule has 33 heavy (non-hydrogen) atoms. The third-order valence-electron chi connectivity index (χ3n) is 6.77. The van der Waals surface area contributed by atoms with Gasteiger partial charge in [-0.2, -0.15) is 0 Å². The summed E-state index contributed by atoms with van der Waals surface area (Å²) in [4.78, 5) is 36.7. The van der Waals surface area contributed by atoms with E-state index in [1.54, 1.807) is 6.92 Å². The molecule has 7 nitrogen and oxygen atoms in total. The largest absolute Gasteiger partial charge is 0.480 e. The smallest absolute Gasteiger partial charge is 0.407 e. The molecule has 0 saturated heterocycles. The van der Waals surface area contributed by atoms with Gasteiger partial charge < -0.3 is 20.5 Å². The third kappa shape index (κ3) is 4.87. The minimum absolute atomic E-state index is 0.0329. The van der Waals surface area contributed by atoms with Gasteiger partial charge in [0.05, 0.1) is 5.92 Å². The van der Waals surface area contributed by atoms with Gasteiger partial charge in [0.1, 0.15) is 12.6 Å². The van der Waals surface area contributed by atoms with E-state index in [2.05, 4.69) is 34.9 Å². The Kier molecular flexibility index (Phi) is 6.96. The summed E-state index contributed by atoms with van der Waals surface area (Å²) >= 11 is 0. The van der Waals surface area contributed by atoms with Gasteiger partial charge in [0.15, 0.2) is 0 Å². The Bertz CT molecular complexity index is 991. The summed E-state index contributed by atoms with van der Waals surface area (Å²) in [5.74, 6) is -1.88. The maximum absolute atomic E-state index is 12.7. The molecule has 2 aromatic carbocycles. The Morgan fingerprint density at radius 3 is 2.21 bits per heavy atom. The van der Waals surface area contributed by atoms with Crippen LogP contribution in [-0.2, 0) is 14.3 Å². The van der Waals surface area contributed by atoms with Crippen molar-refractivity contribution < 1.29 is 24.2 Å². The topological polar surface area (TPSA) is 105 Å². The molecule has 174 valence electrons. The highest BCUT2D eigenvalue weighted by Gasteiger charge is 2.35. The number of ether oxygens (including phenoxy) is 1. The zero-order valence-corrected chi connectivity index (χ0v) is 18.8. The van der Waals surface area contributed by atoms with Crippen LogP contribution in [0.2, 0.25) is 0 Å². The molecule has 0 heterocycles. The summed E-state index contributed by atoms with van der Waals surface area (Å²) in [6.45, 7) is 1.92. The average molecular weight is 451 g/mol. The van der Waals surface area contributed by atoms with Crippen LogP contribution in [0.15, 0.2) is 48.5 Å². The molecule has 1 saturated carbocycles. The summed E-state index contributed by atoms with van der Waals surface area (Å²) in [5.41, 5.74) is 4.60. The fraction of sp³-hybridized carbons (Fsp3) is 0.423. The lowest BCUT2D eigenvalue weighted by Gasteiger charge is -2.31. The third-order valence-corrected chi connectivity index (χ3v) is 6.77. The lowest BCUT2D eigenvalue weighted by Crippen LogP contribution is -2.51. The van der Waals surface area contributed by atoms with Crippen molar-refractivity contribution in [1.29, 1.82) is 0 Å². The first kappa shape index (κ1) is 22.8. The number of hydrogen-bond acceptors (Lipinski definition) is 4. The first-order valence-electron chi connectivity index (χ1n) is 11.6. The lowest BCUT2D eigenvalue weighted by atomic mass is 9.83. The fourth-order valence-electron chi connectivity index (χ4n) is 5.03. The predicted molar refractivity (Wildman–Crippen MR) is 124 cm³/mol. The monoisotopic (exact) mass is 450 g/mol. The average Bonchev–Trinajstić information content (AvgIpc) is 3.15. The van der Waals surface area contributed by atoms with Crippen molar-refractivity contribution in [3.63, 3.8) is 0 Å². The number of carbonyl (C=O) groups excluding carboxylic acids is 2. The van der Waals surface area contributed by atoms with E-state index in [1.807, 2.05) is 24.3 Å². The predicted octanol–water partition coefficient (Wildman–Crippen LogP) is 4.06. The summed E-state index contributed by atoms with van der Waals surface area (Å²) in [5, 5.41) is 14.7. The molecule has 7 heteroatoms. The number of benzene rings is 2. The van der Waals surface area contributed by atoms with Gasteiger partial charge in [0, 0.05) is 12.0 Å². The summed E-state index contributed by atoms with van der Waals surface area (Å²) < 4.78 is 5.64.